The van der Waals surface area contributed by atoms with Crippen LogP contribution in [0.3, 0.4) is 0 Å². The van der Waals surface area contributed by atoms with Gasteiger partial charge in [-0.2, -0.15) is 0 Å². The lowest BCUT2D eigenvalue weighted by atomic mass is 10.1. The van der Waals surface area contributed by atoms with Gasteiger partial charge in [0.05, 0.1) is 30.0 Å². The van der Waals surface area contributed by atoms with Gasteiger partial charge in [0.2, 0.25) is 0 Å². The molecule has 2 heterocycles. The van der Waals surface area contributed by atoms with Crippen molar-refractivity contribution in [3.63, 3.8) is 0 Å². The molecule has 0 unspecified atom stereocenters. The van der Waals surface area contributed by atoms with E-state index in [1.165, 1.54) is 0 Å². The quantitative estimate of drug-likeness (QED) is 0.219. The summed E-state index contributed by atoms with van der Waals surface area (Å²) in [6, 6.07) is 22.8. The monoisotopic (exact) mass is 510 g/mol. The van der Waals surface area contributed by atoms with Crippen LogP contribution in [0.5, 0.6) is 11.5 Å². The van der Waals surface area contributed by atoms with Crippen LogP contribution in [-0.2, 0) is 0 Å². The van der Waals surface area contributed by atoms with Crippen LogP contribution in [0, 0.1) is 0 Å². The maximum atomic E-state index is 12.9. The third-order valence-electron chi connectivity index (χ3n) is 5.67. The minimum absolute atomic E-state index is 0.229. The minimum atomic E-state index is -0.229. The molecule has 0 saturated heterocycles. The van der Waals surface area contributed by atoms with Crippen LogP contribution < -0.4 is 20.1 Å². The molecule has 0 fully saturated rings. The van der Waals surface area contributed by atoms with Crippen molar-refractivity contribution in [1.82, 2.24) is 9.97 Å². The molecule has 37 heavy (non-hydrogen) atoms. The normalized spacial score (nSPS) is 10.8. The molecule has 0 aliphatic heterocycles. The maximum Gasteiger partial charge on any atom is 0.255 e. The van der Waals surface area contributed by atoms with Gasteiger partial charge in [0.25, 0.3) is 5.91 Å². The van der Waals surface area contributed by atoms with Gasteiger partial charge in [-0.1, -0.05) is 48.5 Å². The average molecular weight is 511 g/mol. The fourth-order valence-electron chi connectivity index (χ4n) is 4.02. The van der Waals surface area contributed by atoms with Crippen LogP contribution in [0.4, 0.5) is 17.2 Å². The molecule has 0 saturated carbocycles. The predicted molar refractivity (Wildman–Crippen MR) is 149 cm³/mol. The number of nitrogens with one attached hydrogen (secondary N) is 2. The van der Waals surface area contributed by atoms with Gasteiger partial charge in [-0.25, -0.2) is 9.97 Å². The third-order valence-corrected chi connectivity index (χ3v) is 6.56. The Balaban J connectivity index is 1.55. The molecule has 7 nitrogen and oxygen atoms in total. The molecule has 2 N–H and O–H groups in total. The number of carbonyl (C=O) groups is 1. The fraction of sp³-hybridized carbons (Fsp3) is 0.138. The Labute approximate surface area is 219 Å². The van der Waals surface area contributed by atoms with Gasteiger partial charge in [-0.3, -0.25) is 4.79 Å². The summed E-state index contributed by atoms with van der Waals surface area (Å²) in [5, 5.41) is 9.43. The SMILES string of the molecule is CCOc1cc(Nc2ncnc3scc(-c4ccccc4)c23)c(OCC)cc1NC(=O)c1ccccc1. The fourth-order valence-corrected chi connectivity index (χ4v) is 4.93. The standard InChI is InChI=1S/C29H26N4O3S/c1-3-35-24-16-23(33-28(34)20-13-9-6-10-14-20)25(36-4-2)15-22(24)32-27-26-21(19-11-7-5-8-12-19)17-37-29(26)31-18-30-27/h5-18H,3-4H2,1-2H3,(H,33,34)(H,30,31,32). The summed E-state index contributed by atoms with van der Waals surface area (Å²) in [7, 11) is 0. The van der Waals surface area contributed by atoms with Crippen LogP contribution in [0.15, 0.2) is 84.5 Å². The number of nitrogens with zero attached hydrogens (tertiary/aromatic N) is 2. The number of benzene rings is 3. The first-order valence-corrected chi connectivity index (χ1v) is 12.9. The van der Waals surface area contributed by atoms with Crippen molar-refractivity contribution in [3.05, 3.63) is 90.1 Å². The van der Waals surface area contributed by atoms with Gasteiger partial charge in [0, 0.05) is 28.6 Å². The van der Waals surface area contributed by atoms with E-state index in [1.807, 2.05) is 56.3 Å². The molecule has 186 valence electrons. The van der Waals surface area contributed by atoms with Gasteiger partial charge in [-0.15, -0.1) is 11.3 Å². The second-order valence-corrected chi connectivity index (χ2v) is 8.93. The summed E-state index contributed by atoms with van der Waals surface area (Å²) in [4.78, 5) is 22.8. The zero-order chi connectivity index (χ0) is 25.6. The number of thiophene rings is 1. The zero-order valence-electron chi connectivity index (χ0n) is 20.5. The number of rotatable bonds is 9. The molecular formula is C29H26N4O3S. The first kappa shape index (κ1) is 24.3. The maximum absolute atomic E-state index is 12.9. The number of amides is 1. The number of aromatic nitrogens is 2. The molecule has 0 spiro atoms. The van der Waals surface area contributed by atoms with Crippen molar-refractivity contribution < 1.29 is 14.3 Å². The predicted octanol–water partition coefficient (Wildman–Crippen LogP) is 7.15. The highest BCUT2D eigenvalue weighted by molar-refractivity contribution is 7.17. The van der Waals surface area contributed by atoms with E-state index in [0.717, 1.165) is 21.3 Å². The number of anilines is 3. The zero-order valence-corrected chi connectivity index (χ0v) is 21.3. The van der Waals surface area contributed by atoms with E-state index in [4.69, 9.17) is 9.47 Å². The molecule has 0 atom stereocenters. The molecule has 0 aliphatic carbocycles. The summed E-state index contributed by atoms with van der Waals surface area (Å²) >= 11 is 1.57. The van der Waals surface area contributed by atoms with Crippen LogP contribution in [-0.4, -0.2) is 29.1 Å². The molecule has 0 aliphatic rings. The first-order valence-electron chi connectivity index (χ1n) is 12.0. The Bertz CT molecular complexity index is 1520. The molecule has 1 amide bonds. The van der Waals surface area contributed by atoms with E-state index in [0.29, 0.717) is 47.5 Å². The van der Waals surface area contributed by atoms with Crippen LogP contribution >= 0.6 is 11.3 Å². The molecule has 8 heteroatoms. The van der Waals surface area contributed by atoms with E-state index in [1.54, 1.807) is 35.9 Å². The lowest BCUT2D eigenvalue weighted by molar-refractivity contribution is 0.102. The topological polar surface area (TPSA) is 85.4 Å². The molecule has 5 aromatic rings. The highest BCUT2D eigenvalue weighted by Crippen LogP contribution is 2.41. The van der Waals surface area contributed by atoms with Crippen molar-refractivity contribution in [2.75, 3.05) is 23.8 Å². The smallest absolute Gasteiger partial charge is 0.255 e. The van der Waals surface area contributed by atoms with Gasteiger partial charge < -0.3 is 20.1 Å². The highest BCUT2D eigenvalue weighted by atomic mass is 32.1. The first-order chi connectivity index (χ1) is 18.2. The Morgan fingerprint density at radius 3 is 2.22 bits per heavy atom. The number of carbonyl (C=O) groups excluding carboxylic acids is 1. The van der Waals surface area contributed by atoms with Crippen molar-refractivity contribution in [2.45, 2.75) is 13.8 Å². The number of hydrogen-bond acceptors (Lipinski definition) is 7. The number of hydrogen-bond donors (Lipinski definition) is 2. The van der Waals surface area contributed by atoms with Gasteiger partial charge >= 0.3 is 0 Å². The minimum Gasteiger partial charge on any atom is -0.492 e. The Kier molecular flexibility index (Phi) is 7.28. The number of ether oxygens (including phenoxy) is 2. The van der Waals surface area contributed by atoms with E-state index < -0.39 is 0 Å². The lowest BCUT2D eigenvalue weighted by Gasteiger charge is -2.18. The van der Waals surface area contributed by atoms with E-state index >= 15 is 0 Å². The number of fused-ring (bicyclic) bond motifs is 1. The van der Waals surface area contributed by atoms with E-state index in [-0.39, 0.29) is 5.91 Å². The largest absolute Gasteiger partial charge is 0.492 e. The Morgan fingerprint density at radius 1 is 0.865 bits per heavy atom. The summed E-state index contributed by atoms with van der Waals surface area (Å²) < 4.78 is 11.9. The molecule has 0 radical (unpaired) electrons. The lowest BCUT2D eigenvalue weighted by Crippen LogP contribution is -2.13. The summed E-state index contributed by atoms with van der Waals surface area (Å²) in [5.74, 6) is 1.52. The second-order valence-electron chi connectivity index (χ2n) is 8.07. The van der Waals surface area contributed by atoms with E-state index in [9.17, 15) is 4.79 Å². The average Bonchev–Trinajstić information content (AvgIpc) is 3.37. The Hall–Kier alpha value is -4.43. The molecule has 5 rings (SSSR count). The van der Waals surface area contributed by atoms with Gasteiger partial charge in [0.1, 0.15) is 28.5 Å². The van der Waals surface area contributed by atoms with Crippen molar-refractivity contribution in [1.29, 1.82) is 0 Å². The van der Waals surface area contributed by atoms with Gasteiger partial charge in [0.15, 0.2) is 0 Å². The van der Waals surface area contributed by atoms with Gasteiger partial charge in [-0.05, 0) is 31.5 Å². The van der Waals surface area contributed by atoms with Crippen molar-refractivity contribution in [3.8, 4) is 22.6 Å². The molecule has 3 aromatic carbocycles. The summed E-state index contributed by atoms with van der Waals surface area (Å²) in [6.07, 6.45) is 1.55. The van der Waals surface area contributed by atoms with Crippen LogP contribution in [0.1, 0.15) is 24.2 Å². The third kappa shape index (κ3) is 5.24. The van der Waals surface area contributed by atoms with Crippen molar-refractivity contribution in [2.24, 2.45) is 0 Å². The molecular weight excluding hydrogens is 484 g/mol. The second kappa shape index (κ2) is 11.1. The van der Waals surface area contributed by atoms with Crippen LogP contribution in [0.25, 0.3) is 21.3 Å². The molecule has 2 aromatic heterocycles. The highest BCUT2D eigenvalue weighted by Gasteiger charge is 2.18. The summed E-state index contributed by atoms with van der Waals surface area (Å²) in [5.41, 5.74) is 3.90. The Morgan fingerprint density at radius 2 is 1.51 bits per heavy atom. The van der Waals surface area contributed by atoms with Crippen LogP contribution in [0.2, 0.25) is 0 Å². The molecule has 0 bridgehead atoms. The summed E-state index contributed by atoms with van der Waals surface area (Å²) in [6.45, 7) is 4.69. The van der Waals surface area contributed by atoms with E-state index in [2.05, 4.69) is 38.1 Å². The van der Waals surface area contributed by atoms with Crippen molar-refractivity contribution >= 4 is 44.7 Å².